The third kappa shape index (κ3) is 1.89. The highest BCUT2D eigenvalue weighted by molar-refractivity contribution is 5.23. The normalized spacial score (nSPS) is 33.2. The second kappa shape index (κ2) is 4.42. The van der Waals surface area contributed by atoms with Crippen LogP contribution in [0.5, 0.6) is 0 Å². The number of fused-ring (bicyclic) bond motifs is 2. The lowest BCUT2D eigenvalue weighted by Gasteiger charge is -2.46. The third-order valence-corrected chi connectivity index (χ3v) is 4.35. The van der Waals surface area contributed by atoms with Gasteiger partial charge in [0.25, 0.3) is 0 Å². The van der Waals surface area contributed by atoms with E-state index in [9.17, 15) is 5.11 Å². The van der Waals surface area contributed by atoms with Gasteiger partial charge < -0.3 is 5.11 Å². The Labute approximate surface area is 102 Å². The number of rotatable bonds is 2. The average Bonchev–Trinajstić information content (AvgIpc) is 2.78. The summed E-state index contributed by atoms with van der Waals surface area (Å²) in [5, 5.41) is 17.4. The molecule has 0 saturated carbocycles. The van der Waals surface area contributed by atoms with Crippen molar-refractivity contribution in [3.63, 3.8) is 0 Å². The largest absolute Gasteiger partial charge is 0.393 e. The maximum absolute atomic E-state index is 10.2. The van der Waals surface area contributed by atoms with E-state index in [4.69, 9.17) is 0 Å². The predicted molar refractivity (Wildman–Crippen MR) is 65.8 cm³/mol. The van der Waals surface area contributed by atoms with Gasteiger partial charge in [-0.3, -0.25) is 10.00 Å². The summed E-state index contributed by atoms with van der Waals surface area (Å²) < 4.78 is 0. The lowest BCUT2D eigenvalue weighted by atomic mass is 9.76. The number of aromatic nitrogens is 2. The van der Waals surface area contributed by atoms with Crippen molar-refractivity contribution in [2.24, 2.45) is 5.92 Å². The number of aromatic amines is 1. The molecule has 2 N–H and O–H groups in total. The highest BCUT2D eigenvalue weighted by Crippen LogP contribution is 2.34. The summed E-state index contributed by atoms with van der Waals surface area (Å²) in [5.41, 5.74) is 2.52. The van der Waals surface area contributed by atoms with Gasteiger partial charge in [-0.2, -0.15) is 5.10 Å². The third-order valence-electron chi connectivity index (χ3n) is 4.35. The molecule has 0 spiro atoms. The Morgan fingerprint density at radius 3 is 3.24 bits per heavy atom. The number of piperidine rings is 1. The Balaban J connectivity index is 1.85. The lowest BCUT2D eigenvalue weighted by Crippen LogP contribution is -2.54. The summed E-state index contributed by atoms with van der Waals surface area (Å²) >= 11 is 0. The van der Waals surface area contributed by atoms with Crippen LogP contribution in [0.25, 0.3) is 0 Å². The average molecular weight is 235 g/mol. The molecule has 0 amide bonds. The van der Waals surface area contributed by atoms with Gasteiger partial charge in [0.05, 0.1) is 11.8 Å². The van der Waals surface area contributed by atoms with Gasteiger partial charge >= 0.3 is 0 Å². The van der Waals surface area contributed by atoms with Gasteiger partial charge in [0.2, 0.25) is 0 Å². The van der Waals surface area contributed by atoms with Gasteiger partial charge in [-0.1, -0.05) is 6.92 Å². The van der Waals surface area contributed by atoms with Gasteiger partial charge in [0, 0.05) is 24.7 Å². The number of aliphatic hydroxyl groups is 1. The highest BCUT2D eigenvalue weighted by atomic mass is 16.3. The Bertz CT molecular complexity index is 390. The first kappa shape index (κ1) is 11.2. The molecular weight excluding hydrogens is 214 g/mol. The predicted octanol–water partition coefficient (Wildman–Crippen LogP) is 0.970. The summed E-state index contributed by atoms with van der Waals surface area (Å²) in [5.74, 6) is 0.381. The molecule has 1 aromatic heterocycles. The molecule has 3 atom stereocenters. The van der Waals surface area contributed by atoms with Gasteiger partial charge in [-0.05, 0) is 37.8 Å². The molecule has 2 heterocycles. The van der Waals surface area contributed by atoms with Crippen molar-refractivity contribution in [3.05, 3.63) is 17.5 Å². The Morgan fingerprint density at radius 1 is 1.53 bits per heavy atom. The topological polar surface area (TPSA) is 52.1 Å². The Hall–Kier alpha value is -0.870. The van der Waals surface area contributed by atoms with Crippen LogP contribution in [0.1, 0.15) is 31.0 Å². The SMILES string of the molecule is CCCN1CC[C@@H](O)[C@H]2Cc3n[nH]cc3C[C@@H]21. The van der Waals surface area contributed by atoms with E-state index in [0.717, 1.165) is 32.4 Å². The Kier molecular flexibility index (Phi) is 2.92. The maximum Gasteiger partial charge on any atom is 0.0658 e. The molecule has 4 nitrogen and oxygen atoms in total. The summed E-state index contributed by atoms with van der Waals surface area (Å²) in [6, 6.07) is 0.517. The number of H-pyrrole nitrogens is 1. The standard InChI is InChI=1S/C13H21N3O/c1-2-4-16-5-3-13(17)10-7-11-9(6-12(10)16)8-14-15-11/h8,10,12-13,17H,2-7H2,1H3,(H,14,15)/t10-,12-,13+/m0/s1. The van der Waals surface area contributed by atoms with Crippen LogP contribution in [0.3, 0.4) is 0 Å². The molecule has 0 aromatic carbocycles. The molecule has 1 fully saturated rings. The van der Waals surface area contributed by atoms with Crippen molar-refractivity contribution < 1.29 is 5.11 Å². The zero-order valence-electron chi connectivity index (χ0n) is 10.4. The zero-order chi connectivity index (χ0) is 11.8. The summed E-state index contributed by atoms with van der Waals surface area (Å²) in [7, 11) is 0. The van der Waals surface area contributed by atoms with Gasteiger partial charge in [0.1, 0.15) is 0 Å². The lowest BCUT2D eigenvalue weighted by molar-refractivity contribution is -0.0209. The van der Waals surface area contributed by atoms with E-state index in [1.165, 1.54) is 17.7 Å². The van der Waals surface area contributed by atoms with E-state index in [1.54, 1.807) is 0 Å². The fraction of sp³-hybridized carbons (Fsp3) is 0.769. The van der Waals surface area contributed by atoms with Crippen molar-refractivity contribution in [1.29, 1.82) is 0 Å². The summed E-state index contributed by atoms with van der Waals surface area (Å²) in [6.45, 7) is 4.43. The molecule has 1 aromatic rings. The van der Waals surface area contributed by atoms with Crippen molar-refractivity contribution in [2.75, 3.05) is 13.1 Å². The molecule has 0 bridgehead atoms. The smallest absolute Gasteiger partial charge is 0.0658 e. The van der Waals surface area contributed by atoms with Gasteiger partial charge in [0.15, 0.2) is 0 Å². The van der Waals surface area contributed by atoms with Gasteiger partial charge in [-0.15, -0.1) is 0 Å². The minimum absolute atomic E-state index is 0.141. The van der Waals surface area contributed by atoms with Crippen molar-refractivity contribution in [2.45, 2.75) is 44.8 Å². The van der Waals surface area contributed by atoms with Crippen LogP contribution >= 0.6 is 0 Å². The molecule has 1 saturated heterocycles. The van der Waals surface area contributed by atoms with Crippen molar-refractivity contribution in [3.8, 4) is 0 Å². The fourth-order valence-electron chi connectivity index (χ4n) is 3.47. The number of hydrogen-bond acceptors (Lipinski definition) is 3. The van der Waals surface area contributed by atoms with Crippen LogP contribution in [0.2, 0.25) is 0 Å². The zero-order valence-corrected chi connectivity index (χ0v) is 10.4. The summed E-state index contributed by atoms with van der Waals surface area (Å²) in [6.07, 6.45) is 5.98. The molecule has 0 radical (unpaired) electrons. The van der Waals surface area contributed by atoms with Crippen molar-refractivity contribution in [1.82, 2.24) is 15.1 Å². The quantitative estimate of drug-likeness (QED) is 0.803. The molecule has 3 rings (SSSR count). The highest BCUT2D eigenvalue weighted by Gasteiger charge is 2.40. The minimum atomic E-state index is -0.141. The van der Waals surface area contributed by atoms with Crippen LogP contribution in [-0.4, -0.2) is 45.4 Å². The van der Waals surface area contributed by atoms with E-state index >= 15 is 0 Å². The number of nitrogens with zero attached hydrogens (tertiary/aromatic N) is 2. The second-order valence-corrected chi connectivity index (χ2v) is 5.39. The van der Waals surface area contributed by atoms with Crippen LogP contribution in [0.15, 0.2) is 6.20 Å². The molecular formula is C13H21N3O. The van der Waals surface area contributed by atoms with Crippen LogP contribution in [0.4, 0.5) is 0 Å². The first-order valence-electron chi connectivity index (χ1n) is 6.73. The molecule has 1 aliphatic heterocycles. The summed E-state index contributed by atoms with van der Waals surface area (Å²) in [4.78, 5) is 2.56. The monoisotopic (exact) mass is 235 g/mol. The second-order valence-electron chi connectivity index (χ2n) is 5.39. The maximum atomic E-state index is 10.2. The van der Waals surface area contributed by atoms with E-state index in [0.29, 0.717) is 12.0 Å². The van der Waals surface area contributed by atoms with Crippen LogP contribution in [0, 0.1) is 5.92 Å². The Morgan fingerprint density at radius 2 is 2.41 bits per heavy atom. The van der Waals surface area contributed by atoms with Crippen LogP contribution < -0.4 is 0 Å². The molecule has 17 heavy (non-hydrogen) atoms. The van der Waals surface area contributed by atoms with E-state index in [2.05, 4.69) is 22.0 Å². The molecule has 4 heteroatoms. The van der Waals surface area contributed by atoms with Crippen molar-refractivity contribution >= 4 is 0 Å². The van der Waals surface area contributed by atoms with Gasteiger partial charge in [-0.25, -0.2) is 0 Å². The number of hydrogen-bond donors (Lipinski definition) is 2. The first-order chi connectivity index (χ1) is 8.29. The first-order valence-corrected chi connectivity index (χ1v) is 6.73. The van der Waals surface area contributed by atoms with E-state index in [-0.39, 0.29) is 6.10 Å². The molecule has 94 valence electrons. The number of aliphatic hydroxyl groups excluding tert-OH is 1. The number of nitrogens with one attached hydrogen (secondary N) is 1. The van der Waals surface area contributed by atoms with E-state index < -0.39 is 0 Å². The van der Waals surface area contributed by atoms with Crippen LogP contribution in [-0.2, 0) is 12.8 Å². The number of likely N-dealkylation sites (tertiary alicyclic amines) is 1. The molecule has 1 aliphatic carbocycles. The van der Waals surface area contributed by atoms with E-state index in [1.807, 2.05) is 6.20 Å². The molecule has 0 unspecified atom stereocenters. The fourth-order valence-corrected chi connectivity index (χ4v) is 3.47. The molecule has 2 aliphatic rings. The minimum Gasteiger partial charge on any atom is -0.393 e.